The molecule has 3 rings (SSSR count). The van der Waals surface area contributed by atoms with E-state index in [-0.39, 0.29) is 30.3 Å². The molecule has 2 fully saturated rings. The molecule has 1 saturated heterocycles. The molecule has 3 nitrogen and oxygen atoms in total. The Morgan fingerprint density at radius 1 is 1.40 bits per heavy atom. The molecule has 0 spiro atoms. The first kappa shape index (κ1) is 13.5. The molecule has 1 N–H and O–H groups in total. The number of aliphatic hydroxyl groups excluding tert-OH is 1. The molecule has 0 radical (unpaired) electrons. The summed E-state index contributed by atoms with van der Waals surface area (Å²) in [5.41, 5.74) is 0.307. The molecule has 1 saturated carbocycles. The molecule has 0 aromatic heterocycles. The lowest BCUT2D eigenvalue weighted by molar-refractivity contribution is -0.131. The highest BCUT2D eigenvalue weighted by Gasteiger charge is 2.47. The van der Waals surface area contributed by atoms with Gasteiger partial charge in [0.15, 0.2) is 0 Å². The lowest BCUT2D eigenvalue weighted by atomic mass is 10.1. The number of carbonyl (C=O) groups excluding carboxylic acids is 1. The van der Waals surface area contributed by atoms with Gasteiger partial charge in [0.25, 0.3) is 0 Å². The van der Waals surface area contributed by atoms with Crippen LogP contribution in [0.3, 0.4) is 0 Å². The van der Waals surface area contributed by atoms with Crippen molar-refractivity contribution in [1.82, 2.24) is 4.90 Å². The second-order valence-electron chi connectivity index (χ2n) is 5.74. The van der Waals surface area contributed by atoms with Gasteiger partial charge in [-0.1, -0.05) is 0 Å². The Balaban J connectivity index is 1.67. The van der Waals surface area contributed by atoms with E-state index >= 15 is 0 Å². The van der Waals surface area contributed by atoms with Crippen molar-refractivity contribution in [3.8, 4) is 0 Å². The van der Waals surface area contributed by atoms with Crippen LogP contribution in [0.4, 0.5) is 8.78 Å². The quantitative estimate of drug-likeness (QED) is 0.919. The van der Waals surface area contributed by atoms with Gasteiger partial charge in [-0.15, -0.1) is 0 Å². The summed E-state index contributed by atoms with van der Waals surface area (Å²) in [6.45, 7) is 1.32. The van der Waals surface area contributed by atoms with Crippen LogP contribution in [0.1, 0.15) is 24.3 Å². The number of rotatable bonds is 3. The topological polar surface area (TPSA) is 40.5 Å². The minimum Gasteiger partial charge on any atom is -0.396 e. The van der Waals surface area contributed by atoms with E-state index in [1.165, 1.54) is 6.07 Å². The first-order valence-electron chi connectivity index (χ1n) is 6.94. The first-order chi connectivity index (χ1) is 9.60. The van der Waals surface area contributed by atoms with Gasteiger partial charge in [-0.25, -0.2) is 8.78 Å². The molecule has 1 aromatic rings. The number of hydrogen-bond donors (Lipinski definition) is 1. The number of aliphatic hydroxyl groups is 1. The Kier molecular flexibility index (Phi) is 3.46. The van der Waals surface area contributed by atoms with E-state index < -0.39 is 11.6 Å². The molecule has 5 heteroatoms. The maximum atomic E-state index is 13.7. The predicted octanol–water partition coefficient (Wildman–Crippen LogP) is 1.91. The third-order valence-corrected chi connectivity index (χ3v) is 4.32. The molecule has 1 aliphatic carbocycles. The molecule has 2 aliphatic rings. The Labute approximate surface area is 116 Å². The number of amides is 1. The van der Waals surface area contributed by atoms with Crippen molar-refractivity contribution >= 4 is 5.91 Å². The van der Waals surface area contributed by atoms with Crippen LogP contribution in [0.2, 0.25) is 0 Å². The minimum absolute atomic E-state index is 0.00890. The number of benzene rings is 1. The molecule has 0 bridgehead atoms. The summed E-state index contributed by atoms with van der Waals surface area (Å²) in [5, 5.41) is 9.09. The van der Waals surface area contributed by atoms with Crippen molar-refractivity contribution in [2.24, 2.45) is 11.8 Å². The van der Waals surface area contributed by atoms with E-state index in [1.807, 2.05) is 0 Å². The SMILES string of the molecule is O=C(C1CC1c1cc(F)ccc1F)N1CCC(CO)C1. The third-order valence-electron chi connectivity index (χ3n) is 4.32. The highest BCUT2D eigenvalue weighted by Crippen LogP contribution is 2.49. The molecular formula is C15H17F2NO2. The van der Waals surface area contributed by atoms with Crippen molar-refractivity contribution in [1.29, 1.82) is 0 Å². The maximum absolute atomic E-state index is 13.7. The van der Waals surface area contributed by atoms with Gasteiger partial charge in [-0.2, -0.15) is 0 Å². The van der Waals surface area contributed by atoms with Gasteiger partial charge in [-0.05, 0) is 42.5 Å². The van der Waals surface area contributed by atoms with E-state index in [0.717, 1.165) is 18.6 Å². The summed E-state index contributed by atoms with van der Waals surface area (Å²) in [5.74, 6) is -1.19. The van der Waals surface area contributed by atoms with Crippen LogP contribution in [0.25, 0.3) is 0 Å². The summed E-state index contributed by atoms with van der Waals surface area (Å²) in [6.07, 6.45) is 1.40. The van der Waals surface area contributed by atoms with Crippen LogP contribution in [0, 0.1) is 23.5 Å². The monoisotopic (exact) mass is 281 g/mol. The Bertz CT molecular complexity index is 535. The van der Waals surface area contributed by atoms with Crippen LogP contribution in [0.15, 0.2) is 18.2 Å². The summed E-state index contributed by atoms with van der Waals surface area (Å²) in [7, 11) is 0. The Morgan fingerprint density at radius 2 is 2.20 bits per heavy atom. The van der Waals surface area contributed by atoms with Crippen molar-refractivity contribution in [2.45, 2.75) is 18.8 Å². The Hall–Kier alpha value is -1.49. The summed E-state index contributed by atoms with van der Waals surface area (Å²) >= 11 is 0. The fourth-order valence-electron chi connectivity index (χ4n) is 3.03. The van der Waals surface area contributed by atoms with E-state index in [2.05, 4.69) is 0 Å². The van der Waals surface area contributed by atoms with Crippen LogP contribution >= 0.6 is 0 Å². The highest BCUT2D eigenvalue weighted by molar-refractivity contribution is 5.83. The second kappa shape index (κ2) is 5.13. The van der Waals surface area contributed by atoms with Gasteiger partial charge in [0.1, 0.15) is 11.6 Å². The molecular weight excluding hydrogens is 264 g/mol. The average Bonchev–Trinajstić information content (AvgIpc) is 3.09. The standard InChI is InChI=1S/C15H17F2NO2/c16-10-1-2-14(17)12(5-10)11-6-13(11)15(20)18-4-3-9(7-18)8-19/h1-2,5,9,11,13,19H,3-4,6-8H2. The van der Waals surface area contributed by atoms with E-state index in [4.69, 9.17) is 5.11 Å². The molecule has 3 unspecified atom stereocenters. The van der Waals surface area contributed by atoms with Crippen molar-refractivity contribution in [3.63, 3.8) is 0 Å². The van der Waals surface area contributed by atoms with Crippen molar-refractivity contribution < 1.29 is 18.7 Å². The zero-order chi connectivity index (χ0) is 14.3. The van der Waals surface area contributed by atoms with Crippen molar-refractivity contribution in [3.05, 3.63) is 35.4 Å². The van der Waals surface area contributed by atoms with Gasteiger partial charge in [0, 0.05) is 31.5 Å². The minimum atomic E-state index is -0.471. The van der Waals surface area contributed by atoms with Crippen LogP contribution < -0.4 is 0 Å². The second-order valence-corrected chi connectivity index (χ2v) is 5.74. The van der Waals surface area contributed by atoms with Crippen molar-refractivity contribution in [2.75, 3.05) is 19.7 Å². The molecule has 20 heavy (non-hydrogen) atoms. The maximum Gasteiger partial charge on any atom is 0.226 e. The van der Waals surface area contributed by atoms with Gasteiger partial charge >= 0.3 is 0 Å². The zero-order valence-corrected chi connectivity index (χ0v) is 11.1. The van der Waals surface area contributed by atoms with E-state index in [9.17, 15) is 13.6 Å². The fourth-order valence-corrected chi connectivity index (χ4v) is 3.03. The number of carbonyl (C=O) groups is 1. The largest absolute Gasteiger partial charge is 0.396 e. The number of nitrogens with zero attached hydrogens (tertiary/aromatic N) is 1. The third kappa shape index (κ3) is 2.42. The van der Waals surface area contributed by atoms with Crippen LogP contribution in [-0.2, 0) is 4.79 Å². The van der Waals surface area contributed by atoms with E-state index in [0.29, 0.717) is 25.1 Å². The highest BCUT2D eigenvalue weighted by atomic mass is 19.1. The first-order valence-corrected chi connectivity index (χ1v) is 6.94. The van der Waals surface area contributed by atoms with Crippen LogP contribution in [-0.4, -0.2) is 35.6 Å². The van der Waals surface area contributed by atoms with Gasteiger partial charge in [0.05, 0.1) is 0 Å². The zero-order valence-electron chi connectivity index (χ0n) is 11.1. The molecule has 1 amide bonds. The number of hydrogen-bond acceptors (Lipinski definition) is 2. The molecule has 1 aliphatic heterocycles. The molecule has 1 heterocycles. The lowest BCUT2D eigenvalue weighted by Gasteiger charge is -2.16. The van der Waals surface area contributed by atoms with Gasteiger partial charge < -0.3 is 10.0 Å². The summed E-state index contributed by atoms with van der Waals surface area (Å²) in [4.78, 5) is 14.0. The summed E-state index contributed by atoms with van der Waals surface area (Å²) < 4.78 is 26.8. The smallest absolute Gasteiger partial charge is 0.226 e. The van der Waals surface area contributed by atoms with Crippen LogP contribution in [0.5, 0.6) is 0 Å². The van der Waals surface area contributed by atoms with E-state index in [1.54, 1.807) is 4.90 Å². The Morgan fingerprint density at radius 3 is 2.90 bits per heavy atom. The normalized spacial score (nSPS) is 28.8. The number of likely N-dealkylation sites (tertiary alicyclic amines) is 1. The molecule has 108 valence electrons. The number of halogens is 2. The lowest BCUT2D eigenvalue weighted by Crippen LogP contribution is -2.30. The summed E-state index contributed by atoms with van der Waals surface area (Å²) in [6, 6.07) is 3.39. The van der Waals surface area contributed by atoms with Gasteiger partial charge in [0.2, 0.25) is 5.91 Å². The predicted molar refractivity (Wildman–Crippen MR) is 69.0 cm³/mol. The molecule has 1 aromatic carbocycles. The average molecular weight is 281 g/mol. The van der Waals surface area contributed by atoms with Gasteiger partial charge in [-0.3, -0.25) is 4.79 Å². The molecule has 3 atom stereocenters. The fraction of sp³-hybridized carbons (Fsp3) is 0.533.